The van der Waals surface area contributed by atoms with Crippen molar-refractivity contribution in [3.05, 3.63) is 29.8 Å². The van der Waals surface area contributed by atoms with Crippen molar-refractivity contribution in [1.82, 2.24) is 0 Å². The average Bonchev–Trinajstić information content (AvgIpc) is 2.38. The van der Waals surface area contributed by atoms with Crippen molar-refractivity contribution < 1.29 is 14.7 Å². The van der Waals surface area contributed by atoms with Crippen molar-refractivity contribution in [2.45, 2.75) is 46.0 Å². The van der Waals surface area contributed by atoms with E-state index < -0.39 is 11.4 Å². The summed E-state index contributed by atoms with van der Waals surface area (Å²) in [5.41, 5.74) is 0.479. The number of carbonyl (C=O) groups excluding carboxylic acids is 1. The maximum absolute atomic E-state index is 11.8. The highest BCUT2D eigenvalue weighted by Gasteiger charge is 2.29. The number of carbonyl (C=O) groups is 2. The number of carboxylic acids is 1. The van der Waals surface area contributed by atoms with Gasteiger partial charge in [0, 0.05) is 12.1 Å². The highest BCUT2D eigenvalue weighted by Crippen LogP contribution is 2.25. The summed E-state index contributed by atoms with van der Waals surface area (Å²) in [6.45, 7) is 7.41. The molecule has 0 fully saturated rings. The molecule has 1 amide bonds. The first-order chi connectivity index (χ1) is 9.27. The third-order valence-electron chi connectivity index (χ3n) is 3.66. The molecule has 1 rings (SSSR count). The van der Waals surface area contributed by atoms with E-state index in [2.05, 4.69) is 12.2 Å². The molecule has 0 radical (unpaired) electrons. The van der Waals surface area contributed by atoms with E-state index in [4.69, 9.17) is 5.11 Å². The molecule has 2 N–H and O–H groups in total. The van der Waals surface area contributed by atoms with Gasteiger partial charge in [0.05, 0.1) is 5.41 Å². The number of carboxylic acid groups (broad SMARTS) is 1. The molecule has 1 aromatic rings. The first-order valence-corrected chi connectivity index (χ1v) is 6.91. The van der Waals surface area contributed by atoms with Crippen molar-refractivity contribution in [1.29, 1.82) is 0 Å². The second-order valence-electron chi connectivity index (χ2n) is 5.77. The van der Waals surface area contributed by atoms with Crippen LogP contribution in [0.15, 0.2) is 24.3 Å². The van der Waals surface area contributed by atoms with Crippen LogP contribution in [-0.4, -0.2) is 17.0 Å². The Balaban J connectivity index is 2.73. The Kier molecular flexibility index (Phi) is 5.31. The molecule has 4 nitrogen and oxygen atoms in total. The highest BCUT2D eigenvalue weighted by molar-refractivity contribution is 5.91. The van der Waals surface area contributed by atoms with Gasteiger partial charge in [-0.25, -0.2) is 0 Å². The predicted molar refractivity (Wildman–Crippen MR) is 79.8 cm³/mol. The largest absolute Gasteiger partial charge is 0.481 e. The summed E-state index contributed by atoms with van der Waals surface area (Å²) in [4.78, 5) is 22.9. The number of aliphatic carboxylic acids is 1. The van der Waals surface area contributed by atoms with Crippen LogP contribution >= 0.6 is 0 Å². The van der Waals surface area contributed by atoms with Crippen LogP contribution in [0.3, 0.4) is 0 Å². The number of hydrogen-bond donors (Lipinski definition) is 2. The van der Waals surface area contributed by atoms with Gasteiger partial charge in [0.25, 0.3) is 0 Å². The quantitative estimate of drug-likeness (QED) is 0.837. The summed E-state index contributed by atoms with van der Waals surface area (Å²) < 4.78 is 0. The standard InChI is InChI=1S/C16H23NO3/c1-5-11(2)10-14(18)17-13-8-6-12(7-9-13)16(3,4)15(19)20/h6-9,11H,5,10H2,1-4H3,(H,17,18)(H,19,20). The van der Waals surface area contributed by atoms with Gasteiger partial charge in [0.2, 0.25) is 5.91 Å². The minimum absolute atomic E-state index is 0.00963. The lowest BCUT2D eigenvalue weighted by molar-refractivity contribution is -0.142. The fraction of sp³-hybridized carbons (Fsp3) is 0.500. The van der Waals surface area contributed by atoms with E-state index in [0.29, 0.717) is 23.6 Å². The monoisotopic (exact) mass is 277 g/mol. The first kappa shape index (κ1) is 16.2. The van der Waals surface area contributed by atoms with E-state index in [1.807, 2.05) is 6.92 Å². The van der Waals surface area contributed by atoms with Crippen molar-refractivity contribution >= 4 is 17.6 Å². The zero-order chi connectivity index (χ0) is 15.3. The van der Waals surface area contributed by atoms with Gasteiger partial charge in [-0.15, -0.1) is 0 Å². The molecule has 110 valence electrons. The average molecular weight is 277 g/mol. The Morgan fingerprint density at radius 3 is 2.25 bits per heavy atom. The Labute approximate surface area is 120 Å². The van der Waals surface area contributed by atoms with Crippen LogP contribution in [0.5, 0.6) is 0 Å². The Bertz CT molecular complexity index is 477. The van der Waals surface area contributed by atoms with Crippen LogP contribution < -0.4 is 5.32 Å². The van der Waals surface area contributed by atoms with Crippen molar-refractivity contribution in [2.75, 3.05) is 5.32 Å². The molecule has 0 saturated heterocycles. The topological polar surface area (TPSA) is 66.4 Å². The molecule has 20 heavy (non-hydrogen) atoms. The summed E-state index contributed by atoms with van der Waals surface area (Å²) in [6, 6.07) is 6.98. The smallest absolute Gasteiger partial charge is 0.313 e. The van der Waals surface area contributed by atoms with E-state index in [1.54, 1.807) is 38.1 Å². The molecule has 1 atom stereocenters. The van der Waals surface area contributed by atoms with Crippen molar-refractivity contribution in [3.63, 3.8) is 0 Å². The third-order valence-corrected chi connectivity index (χ3v) is 3.66. The van der Waals surface area contributed by atoms with Gasteiger partial charge in [-0.05, 0) is 37.5 Å². The van der Waals surface area contributed by atoms with Gasteiger partial charge in [-0.2, -0.15) is 0 Å². The van der Waals surface area contributed by atoms with Crippen LogP contribution in [0, 0.1) is 5.92 Å². The zero-order valence-electron chi connectivity index (χ0n) is 12.6. The van der Waals surface area contributed by atoms with Gasteiger partial charge >= 0.3 is 5.97 Å². The molecule has 0 aromatic heterocycles. The number of hydrogen-bond acceptors (Lipinski definition) is 2. The number of benzene rings is 1. The van der Waals surface area contributed by atoms with Gasteiger partial charge in [0.1, 0.15) is 0 Å². The maximum atomic E-state index is 11.8. The van der Waals surface area contributed by atoms with Gasteiger partial charge in [-0.3, -0.25) is 9.59 Å². The molecule has 0 aliphatic heterocycles. The molecule has 0 aliphatic carbocycles. The number of nitrogens with one attached hydrogen (secondary N) is 1. The second kappa shape index (κ2) is 6.55. The lowest BCUT2D eigenvalue weighted by atomic mass is 9.85. The van der Waals surface area contributed by atoms with Crippen LogP contribution in [0.1, 0.15) is 46.1 Å². The van der Waals surface area contributed by atoms with Crippen LogP contribution in [-0.2, 0) is 15.0 Å². The van der Waals surface area contributed by atoms with Gasteiger partial charge in [-0.1, -0.05) is 32.4 Å². The molecular weight excluding hydrogens is 254 g/mol. The van der Waals surface area contributed by atoms with E-state index in [0.717, 1.165) is 6.42 Å². The minimum atomic E-state index is -0.931. The molecule has 0 heterocycles. The first-order valence-electron chi connectivity index (χ1n) is 6.91. The molecule has 0 saturated carbocycles. The molecule has 0 spiro atoms. The molecule has 1 aromatic carbocycles. The second-order valence-corrected chi connectivity index (χ2v) is 5.77. The van der Waals surface area contributed by atoms with E-state index >= 15 is 0 Å². The van der Waals surface area contributed by atoms with Gasteiger partial charge < -0.3 is 10.4 Å². The minimum Gasteiger partial charge on any atom is -0.481 e. The number of amides is 1. The Morgan fingerprint density at radius 2 is 1.80 bits per heavy atom. The van der Waals surface area contributed by atoms with Crippen molar-refractivity contribution in [3.8, 4) is 0 Å². The molecule has 1 unspecified atom stereocenters. The zero-order valence-corrected chi connectivity index (χ0v) is 12.6. The summed E-state index contributed by atoms with van der Waals surface area (Å²) in [7, 11) is 0. The van der Waals surface area contributed by atoms with E-state index in [9.17, 15) is 9.59 Å². The Hall–Kier alpha value is -1.84. The van der Waals surface area contributed by atoms with Crippen LogP contribution in [0.2, 0.25) is 0 Å². The Morgan fingerprint density at radius 1 is 1.25 bits per heavy atom. The molecule has 0 bridgehead atoms. The van der Waals surface area contributed by atoms with Crippen LogP contribution in [0.25, 0.3) is 0 Å². The lowest BCUT2D eigenvalue weighted by Gasteiger charge is -2.20. The molecule has 4 heteroatoms. The number of anilines is 1. The fourth-order valence-corrected chi connectivity index (χ4v) is 1.77. The highest BCUT2D eigenvalue weighted by atomic mass is 16.4. The predicted octanol–water partition coefficient (Wildman–Crippen LogP) is 3.42. The van der Waals surface area contributed by atoms with E-state index in [1.165, 1.54) is 0 Å². The van der Waals surface area contributed by atoms with Crippen molar-refractivity contribution in [2.24, 2.45) is 5.92 Å². The number of rotatable bonds is 6. The lowest BCUT2D eigenvalue weighted by Crippen LogP contribution is -2.28. The summed E-state index contributed by atoms with van der Waals surface area (Å²) in [5, 5.41) is 12.0. The van der Waals surface area contributed by atoms with Crippen LogP contribution in [0.4, 0.5) is 5.69 Å². The molecule has 0 aliphatic rings. The summed E-state index contributed by atoms with van der Waals surface area (Å²) in [5.74, 6) is -0.518. The fourth-order valence-electron chi connectivity index (χ4n) is 1.77. The van der Waals surface area contributed by atoms with Gasteiger partial charge in [0.15, 0.2) is 0 Å². The van der Waals surface area contributed by atoms with E-state index in [-0.39, 0.29) is 5.91 Å². The SMILES string of the molecule is CCC(C)CC(=O)Nc1ccc(C(C)(C)C(=O)O)cc1. The maximum Gasteiger partial charge on any atom is 0.313 e. The summed E-state index contributed by atoms with van der Waals surface area (Å²) in [6.07, 6.45) is 1.47. The third kappa shape index (κ3) is 4.08. The normalized spacial score (nSPS) is 12.8. The summed E-state index contributed by atoms with van der Waals surface area (Å²) >= 11 is 0. The molecular formula is C16H23NO3.